The summed E-state index contributed by atoms with van der Waals surface area (Å²) >= 11 is 3.41. The number of aromatic nitrogens is 2. The molecule has 28 heavy (non-hydrogen) atoms. The molecule has 0 amide bonds. The van der Waals surface area contributed by atoms with E-state index < -0.39 is 10.0 Å². The molecule has 1 aliphatic carbocycles. The minimum atomic E-state index is -3.78. The first-order valence-corrected chi connectivity index (χ1v) is 11.7. The molecule has 0 bridgehead atoms. The summed E-state index contributed by atoms with van der Waals surface area (Å²) in [6.45, 7) is 1.88. The third-order valence-electron chi connectivity index (χ3n) is 5.17. The number of rotatable bonds is 5. The fourth-order valence-electron chi connectivity index (χ4n) is 3.66. The van der Waals surface area contributed by atoms with Crippen molar-refractivity contribution in [2.45, 2.75) is 43.5 Å². The van der Waals surface area contributed by atoms with Gasteiger partial charge in [-0.1, -0.05) is 59.1 Å². The summed E-state index contributed by atoms with van der Waals surface area (Å²) in [7, 11) is -3.78. The highest BCUT2D eigenvalue weighted by molar-refractivity contribution is 9.10. The normalized spacial score (nSPS) is 15.1. The molecule has 3 aromatic rings. The molecule has 4 rings (SSSR count). The van der Waals surface area contributed by atoms with Gasteiger partial charge in [0, 0.05) is 16.2 Å². The standard InChI is InChI=1S/C21H22BrN3O2S/c1-15-13-17(22)11-12-19(15)24-28(26,27)20-14-25(18-9-5-6-10-18)23-21(20)16-7-3-2-4-8-16/h2-4,7-8,11-14,18,24H,5-6,9-10H2,1H3. The van der Waals surface area contributed by atoms with E-state index in [1.807, 2.05) is 54.1 Å². The summed E-state index contributed by atoms with van der Waals surface area (Å²) in [6.07, 6.45) is 6.07. The highest BCUT2D eigenvalue weighted by atomic mass is 79.9. The monoisotopic (exact) mass is 459 g/mol. The van der Waals surface area contributed by atoms with Crippen LogP contribution in [0.25, 0.3) is 11.3 Å². The number of anilines is 1. The second kappa shape index (κ2) is 7.72. The Labute approximate surface area is 174 Å². The average molecular weight is 460 g/mol. The van der Waals surface area contributed by atoms with Crippen LogP contribution in [0.15, 0.2) is 64.1 Å². The third-order valence-corrected chi connectivity index (χ3v) is 7.03. The first-order valence-electron chi connectivity index (χ1n) is 9.37. The Kier molecular flexibility index (Phi) is 5.29. The van der Waals surface area contributed by atoms with Gasteiger partial charge in [0.05, 0.1) is 11.7 Å². The number of aryl methyl sites for hydroxylation is 1. The van der Waals surface area contributed by atoms with Crippen LogP contribution in [0.1, 0.15) is 37.3 Å². The largest absolute Gasteiger partial charge is 0.279 e. The van der Waals surface area contributed by atoms with Gasteiger partial charge in [-0.3, -0.25) is 9.40 Å². The molecule has 0 saturated heterocycles. The number of nitrogens with one attached hydrogen (secondary N) is 1. The quantitative estimate of drug-likeness (QED) is 0.544. The molecule has 5 nitrogen and oxygen atoms in total. The number of hydrogen-bond acceptors (Lipinski definition) is 3. The summed E-state index contributed by atoms with van der Waals surface area (Å²) in [5.41, 5.74) is 2.71. The Hall–Kier alpha value is -2.12. The van der Waals surface area contributed by atoms with Crippen molar-refractivity contribution in [2.24, 2.45) is 0 Å². The molecular weight excluding hydrogens is 438 g/mol. The van der Waals surface area contributed by atoms with E-state index >= 15 is 0 Å². The molecular formula is C21H22BrN3O2S. The lowest BCUT2D eigenvalue weighted by atomic mass is 10.2. The van der Waals surface area contributed by atoms with Crippen molar-refractivity contribution in [2.75, 3.05) is 4.72 Å². The predicted octanol–water partition coefficient (Wildman–Crippen LogP) is 5.54. The topological polar surface area (TPSA) is 64.0 Å². The Balaban J connectivity index is 1.78. The molecule has 1 aromatic heterocycles. The van der Waals surface area contributed by atoms with Crippen molar-refractivity contribution in [3.63, 3.8) is 0 Å². The van der Waals surface area contributed by atoms with Gasteiger partial charge >= 0.3 is 0 Å². The molecule has 1 heterocycles. The summed E-state index contributed by atoms with van der Waals surface area (Å²) in [6, 6.07) is 15.2. The van der Waals surface area contributed by atoms with Gasteiger partial charge in [-0.15, -0.1) is 0 Å². The Bertz CT molecular complexity index is 1090. The van der Waals surface area contributed by atoms with Gasteiger partial charge in [0.15, 0.2) is 0 Å². The van der Waals surface area contributed by atoms with Crippen LogP contribution in [0.4, 0.5) is 5.69 Å². The highest BCUT2D eigenvalue weighted by Gasteiger charge is 2.27. The molecule has 1 saturated carbocycles. The molecule has 0 radical (unpaired) electrons. The molecule has 7 heteroatoms. The number of benzene rings is 2. The van der Waals surface area contributed by atoms with Crippen LogP contribution in [0.3, 0.4) is 0 Å². The first kappa shape index (κ1) is 19.2. The van der Waals surface area contributed by atoms with Crippen molar-refractivity contribution in [3.8, 4) is 11.3 Å². The maximum atomic E-state index is 13.3. The SMILES string of the molecule is Cc1cc(Br)ccc1NS(=O)(=O)c1cn(C2CCCC2)nc1-c1ccccc1. The number of hydrogen-bond donors (Lipinski definition) is 1. The lowest BCUT2D eigenvalue weighted by Crippen LogP contribution is -2.14. The molecule has 1 N–H and O–H groups in total. The Morgan fingerprint density at radius 3 is 2.50 bits per heavy atom. The van der Waals surface area contributed by atoms with Gasteiger partial charge in [-0.2, -0.15) is 5.10 Å². The molecule has 0 atom stereocenters. The fourth-order valence-corrected chi connectivity index (χ4v) is 5.43. The molecule has 1 aliphatic rings. The lowest BCUT2D eigenvalue weighted by molar-refractivity contribution is 0.467. The predicted molar refractivity (Wildman–Crippen MR) is 115 cm³/mol. The van der Waals surface area contributed by atoms with Crippen molar-refractivity contribution >= 4 is 31.6 Å². The van der Waals surface area contributed by atoms with Crippen LogP contribution in [0, 0.1) is 6.92 Å². The maximum absolute atomic E-state index is 13.3. The van der Waals surface area contributed by atoms with Crippen LogP contribution in [-0.4, -0.2) is 18.2 Å². The zero-order valence-corrected chi connectivity index (χ0v) is 18.0. The van der Waals surface area contributed by atoms with Crippen molar-refractivity contribution in [3.05, 3.63) is 64.8 Å². The Morgan fingerprint density at radius 1 is 1.11 bits per heavy atom. The first-order chi connectivity index (χ1) is 13.4. The molecule has 146 valence electrons. The molecule has 0 spiro atoms. The van der Waals surface area contributed by atoms with Crippen LogP contribution in [0.2, 0.25) is 0 Å². The van der Waals surface area contributed by atoms with Gasteiger partial charge in [0.1, 0.15) is 10.6 Å². The van der Waals surface area contributed by atoms with E-state index in [4.69, 9.17) is 5.10 Å². The van der Waals surface area contributed by atoms with E-state index in [9.17, 15) is 8.42 Å². The zero-order valence-electron chi connectivity index (χ0n) is 15.6. The van der Waals surface area contributed by atoms with Crippen molar-refractivity contribution < 1.29 is 8.42 Å². The van der Waals surface area contributed by atoms with Gasteiger partial charge in [-0.05, 0) is 43.5 Å². The average Bonchev–Trinajstić information content (AvgIpc) is 3.34. The third kappa shape index (κ3) is 3.86. The second-order valence-corrected chi connectivity index (χ2v) is 9.76. The smallest absolute Gasteiger partial charge is 0.265 e. The van der Waals surface area contributed by atoms with E-state index in [2.05, 4.69) is 20.7 Å². The van der Waals surface area contributed by atoms with Gasteiger partial charge in [0.25, 0.3) is 10.0 Å². The summed E-state index contributed by atoms with van der Waals surface area (Å²) in [5, 5.41) is 4.70. The van der Waals surface area contributed by atoms with E-state index in [1.54, 1.807) is 12.3 Å². The number of nitrogens with zero attached hydrogens (tertiary/aromatic N) is 2. The van der Waals surface area contributed by atoms with Crippen molar-refractivity contribution in [1.82, 2.24) is 9.78 Å². The Morgan fingerprint density at radius 2 is 1.82 bits per heavy atom. The van der Waals surface area contributed by atoms with Crippen LogP contribution in [0.5, 0.6) is 0 Å². The minimum Gasteiger partial charge on any atom is -0.279 e. The highest BCUT2D eigenvalue weighted by Crippen LogP contribution is 2.34. The molecule has 1 fully saturated rings. The van der Waals surface area contributed by atoms with Gasteiger partial charge in [-0.25, -0.2) is 8.42 Å². The summed E-state index contributed by atoms with van der Waals surface area (Å²) in [5.74, 6) is 0. The van der Waals surface area contributed by atoms with Crippen LogP contribution < -0.4 is 4.72 Å². The zero-order chi connectivity index (χ0) is 19.7. The number of sulfonamides is 1. The molecule has 0 unspecified atom stereocenters. The fraction of sp³-hybridized carbons (Fsp3) is 0.286. The van der Waals surface area contributed by atoms with E-state index in [0.29, 0.717) is 11.4 Å². The van der Waals surface area contributed by atoms with Gasteiger partial charge < -0.3 is 0 Å². The lowest BCUT2D eigenvalue weighted by Gasteiger charge is -2.11. The van der Waals surface area contributed by atoms with Crippen LogP contribution in [-0.2, 0) is 10.0 Å². The maximum Gasteiger partial charge on any atom is 0.265 e. The summed E-state index contributed by atoms with van der Waals surface area (Å²) < 4.78 is 32.1. The van der Waals surface area contributed by atoms with E-state index in [-0.39, 0.29) is 10.9 Å². The summed E-state index contributed by atoms with van der Waals surface area (Å²) in [4.78, 5) is 0.216. The van der Waals surface area contributed by atoms with Crippen molar-refractivity contribution in [1.29, 1.82) is 0 Å². The molecule has 0 aliphatic heterocycles. The second-order valence-electron chi connectivity index (χ2n) is 7.19. The number of halogens is 1. The van der Waals surface area contributed by atoms with E-state index in [0.717, 1.165) is 41.3 Å². The molecule has 2 aromatic carbocycles. The van der Waals surface area contributed by atoms with Crippen LogP contribution >= 0.6 is 15.9 Å². The van der Waals surface area contributed by atoms with Gasteiger partial charge in [0.2, 0.25) is 0 Å². The minimum absolute atomic E-state index is 0.216. The van der Waals surface area contributed by atoms with E-state index in [1.165, 1.54) is 0 Å².